The SMILES string of the molecule is C[CH]CC1CC=CCC1C. The number of allylic oxidation sites excluding steroid dienone is 2. The lowest BCUT2D eigenvalue weighted by molar-refractivity contribution is 0.345. The van der Waals surface area contributed by atoms with Crippen LogP contribution in [-0.2, 0) is 0 Å². The molecule has 0 aromatic carbocycles. The van der Waals surface area contributed by atoms with Crippen LogP contribution >= 0.6 is 0 Å². The van der Waals surface area contributed by atoms with Crippen LogP contribution in [0, 0.1) is 18.3 Å². The van der Waals surface area contributed by atoms with Crippen molar-refractivity contribution in [2.75, 3.05) is 0 Å². The average molecular weight is 137 g/mol. The van der Waals surface area contributed by atoms with E-state index in [4.69, 9.17) is 0 Å². The molecule has 0 fully saturated rings. The van der Waals surface area contributed by atoms with Crippen molar-refractivity contribution >= 4 is 0 Å². The van der Waals surface area contributed by atoms with Crippen molar-refractivity contribution in [1.82, 2.24) is 0 Å². The molecular weight excluding hydrogens is 120 g/mol. The second-order valence-corrected chi connectivity index (χ2v) is 3.32. The molecule has 0 amide bonds. The van der Waals surface area contributed by atoms with Gasteiger partial charge in [0.2, 0.25) is 0 Å². The van der Waals surface area contributed by atoms with Gasteiger partial charge in [-0.25, -0.2) is 0 Å². The second-order valence-electron chi connectivity index (χ2n) is 3.32. The van der Waals surface area contributed by atoms with E-state index in [1.807, 2.05) is 0 Å². The summed E-state index contributed by atoms with van der Waals surface area (Å²) >= 11 is 0. The van der Waals surface area contributed by atoms with Crippen molar-refractivity contribution in [2.45, 2.75) is 33.1 Å². The van der Waals surface area contributed by atoms with Crippen molar-refractivity contribution in [3.05, 3.63) is 18.6 Å². The highest BCUT2D eigenvalue weighted by molar-refractivity contribution is 4.94. The highest BCUT2D eigenvalue weighted by atomic mass is 14.2. The van der Waals surface area contributed by atoms with Crippen molar-refractivity contribution in [2.24, 2.45) is 11.8 Å². The predicted octanol–water partition coefficient (Wildman–Crippen LogP) is 3.20. The Balaban J connectivity index is 2.35. The summed E-state index contributed by atoms with van der Waals surface area (Å²) in [6.45, 7) is 4.52. The second kappa shape index (κ2) is 3.80. The van der Waals surface area contributed by atoms with Crippen LogP contribution in [-0.4, -0.2) is 0 Å². The maximum atomic E-state index is 2.36. The van der Waals surface area contributed by atoms with Gasteiger partial charge in [-0.3, -0.25) is 0 Å². The van der Waals surface area contributed by atoms with E-state index >= 15 is 0 Å². The molecule has 0 N–H and O–H groups in total. The molecule has 57 valence electrons. The lowest BCUT2D eigenvalue weighted by atomic mass is 9.82. The van der Waals surface area contributed by atoms with Gasteiger partial charge in [0.05, 0.1) is 0 Å². The molecular formula is C10H17. The van der Waals surface area contributed by atoms with Crippen LogP contribution in [0.4, 0.5) is 0 Å². The smallest absolute Gasteiger partial charge is 0.0319 e. The zero-order chi connectivity index (χ0) is 7.40. The Morgan fingerprint density at radius 1 is 1.40 bits per heavy atom. The zero-order valence-electron chi connectivity index (χ0n) is 7.01. The van der Waals surface area contributed by atoms with E-state index in [9.17, 15) is 0 Å². The number of hydrogen-bond acceptors (Lipinski definition) is 0. The molecule has 1 rings (SSSR count). The Morgan fingerprint density at radius 2 is 2.10 bits per heavy atom. The largest absolute Gasteiger partial charge is 0.0883 e. The van der Waals surface area contributed by atoms with Crippen LogP contribution < -0.4 is 0 Å². The van der Waals surface area contributed by atoms with E-state index in [2.05, 4.69) is 32.4 Å². The predicted molar refractivity (Wildman–Crippen MR) is 45.6 cm³/mol. The molecule has 0 saturated heterocycles. The van der Waals surface area contributed by atoms with Gasteiger partial charge in [-0.15, -0.1) is 0 Å². The van der Waals surface area contributed by atoms with E-state index in [-0.39, 0.29) is 0 Å². The van der Waals surface area contributed by atoms with E-state index in [1.165, 1.54) is 19.3 Å². The molecule has 1 aliphatic carbocycles. The van der Waals surface area contributed by atoms with E-state index in [1.54, 1.807) is 0 Å². The van der Waals surface area contributed by atoms with Gasteiger partial charge in [0.15, 0.2) is 0 Å². The third kappa shape index (κ3) is 1.86. The highest BCUT2D eigenvalue weighted by Gasteiger charge is 2.16. The molecule has 0 aliphatic heterocycles. The topological polar surface area (TPSA) is 0 Å². The fraction of sp³-hybridized carbons (Fsp3) is 0.700. The Morgan fingerprint density at radius 3 is 2.70 bits per heavy atom. The van der Waals surface area contributed by atoms with E-state index in [0.29, 0.717) is 0 Å². The fourth-order valence-corrected chi connectivity index (χ4v) is 1.64. The molecule has 2 unspecified atom stereocenters. The standard InChI is InChI=1S/C10H17/c1-3-6-10-8-5-4-7-9(10)2/h3-5,9-10H,6-8H2,1-2H3. The number of rotatable bonds is 2. The van der Waals surface area contributed by atoms with Crippen LogP contribution in [0.3, 0.4) is 0 Å². The first-order valence-corrected chi connectivity index (χ1v) is 4.27. The summed E-state index contributed by atoms with van der Waals surface area (Å²) in [6.07, 6.45) is 10.8. The highest BCUT2D eigenvalue weighted by Crippen LogP contribution is 2.27. The minimum Gasteiger partial charge on any atom is -0.0883 e. The Hall–Kier alpha value is -0.260. The van der Waals surface area contributed by atoms with Gasteiger partial charge < -0.3 is 0 Å². The van der Waals surface area contributed by atoms with Crippen LogP contribution in [0.25, 0.3) is 0 Å². The van der Waals surface area contributed by atoms with Crippen LogP contribution in [0.2, 0.25) is 0 Å². The lowest BCUT2D eigenvalue weighted by Crippen LogP contribution is -2.13. The molecule has 10 heavy (non-hydrogen) atoms. The molecule has 0 bridgehead atoms. The first kappa shape index (κ1) is 7.84. The molecule has 0 aromatic heterocycles. The Kier molecular flexibility index (Phi) is 2.98. The molecule has 0 spiro atoms. The van der Waals surface area contributed by atoms with Gasteiger partial charge in [-0.2, -0.15) is 0 Å². The van der Waals surface area contributed by atoms with Crippen LogP contribution in [0.15, 0.2) is 12.2 Å². The average Bonchev–Trinajstić information content (AvgIpc) is 1.94. The first-order chi connectivity index (χ1) is 4.84. The Bertz CT molecular complexity index is 113. The molecule has 1 radical (unpaired) electrons. The lowest BCUT2D eigenvalue weighted by Gasteiger charge is -2.24. The minimum absolute atomic E-state index is 0.904. The molecule has 0 saturated carbocycles. The maximum absolute atomic E-state index is 2.36. The summed E-state index contributed by atoms with van der Waals surface area (Å²) in [7, 11) is 0. The molecule has 0 heteroatoms. The van der Waals surface area contributed by atoms with Gasteiger partial charge in [0.1, 0.15) is 0 Å². The summed E-state index contributed by atoms with van der Waals surface area (Å²) in [5.74, 6) is 1.83. The molecule has 0 aromatic rings. The van der Waals surface area contributed by atoms with Crippen molar-refractivity contribution < 1.29 is 0 Å². The van der Waals surface area contributed by atoms with Gasteiger partial charge in [-0.1, -0.05) is 26.0 Å². The van der Waals surface area contributed by atoms with Crippen LogP contribution in [0.1, 0.15) is 33.1 Å². The third-order valence-electron chi connectivity index (χ3n) is 2.46. The van der Waals surface area contributed by atoms with Gasteiger partial charge in [-0.05, 0) is 37.5 Å². The third-order valence-corrected chi connectivity index (χ3v) is 2.46. The van der Waals surface area contributed by atoms with Crippen molar-refractivity contribution in [3.8, 4) is 0 Å². The molecule has 2 atom stereocenters. The Labute approximate surface area is 64.3 Å². The quantitative estimate of drug-likeness (QED) is 0.513. The van der Waals surface area contributed by atoms with Gasteiger partial charge >= 0.3 is 0 Å². The minimum atomic E-state index is 0.904. The van der Waals surface area contributed by atoms with Crippen molar-refractivity contribution in [3.63, 3.8) is 0 Å². The summed E-state index contributed by atoms with van der Waals surface area (Å²) < 4.78 is 0. The monoisotopic (exact) mass is 137 g/mol. The molecule has 1 aliphatic rings. The van der Waals surface area contributed by atoms with E-state index < -0.39 is 0 Å². The summed E-state index contributed by atoms with van der Waals surface area (Å²) in [4.78, 5) is 0. The zero-order valence-corrected chi connectivity index (χ0v) is 7.01. The van der Waals surface area contributed by atoms with Crippen LogP contribution in [0.5, 0.6) is 0 Å². The van der Waals surface area contributed by atoms with Gasteiger partial charge in [0, 0.05) is 0 Å². The fourth-order valence-electron chi connectivity index (χ4n) is 1.64. The molecule has 0 nitrogen and oxygen atoms in total. The first-order valence-electron chi connectivity index (χ1n) is 4.27. The van der Waals surface area contributed by atoms with Gasteiger partial charge in [0.25, 0.3) is 0 Å². The summed E-state index contributed by atoms with van der Waals surface area (Å²) in [6, 6.07) is 0. The maximum Gasteiger partial charge on any atom is -0.0319 e. The van der Waals surface area contributed by atoms with E-state index in [0.717, 1.165) is 11.8 Å². The number of hydrogen-bond donors (Lipinski definition) is 0. The summed E-state index contributed by atoms with van der Waals surface area (Å²) in [5.41, 5.74) is 0. The normalized spacial score (nSPS) is 32.6. The molecule has 0 heterocycles. The summed E-state index contributed by atoms with van der Waals surface area (Å²) in [5, 5.41) is 0. The van der Waals surface area contributed by atoms with Crippen molar-refractivity contribution in [1.29, 1.82) is 0 Å².